The highest BCUT2D eigenvalue weighted by Gasteiger charge is 2.28. The standard InChI is InChI=1S/C24H30N4O/c1-24(2,17-25)19-11-13-21(14-12-19)28(3)22(18-8-7-15-26-16-18)23(29)27-20-9-5-4-6-10-20/h7-8,11-16,20,22H,4-6,9-10H2,1-3H3,(H,27,29). The Bertz CT molecular complexity index is 849. The van der Waals surface area contributed by atoms with Crippen molar-refractivity contribution < 1.29 is 4.79 Å². The fourth-order valence-corrected chi connectivity index (χ4v) is 3.94. The molecule has 1 saturated carbocycles. The summed E-state index contributed by atoms with van der Waals surface area (Å²) in [4.78, 5) is 19.5. The fraction of sp³-hybridized carbons (Fsp3) is 0.458. The molecule has 1 aromatic carbocycles. The highest BCUT2D eigenvalue weighted by Crippen LogP contribution is 2.29. The van der Waals surface area contributed by atoms with E-state index in [1.165, 1.54) is 19.3 Å². The maximum atomic E-state index is 13.3. The SMILES string of the molecule is CN(c1ccc(C(C)(C)C#N)cc1)C(C(=O)NC1CCCCC1)c1cccnc1. The highest BCUT2D eigenvalue weighted by molar-refractivity contribution is 5.86. The number of nitrogens with zero attached hydrogens (tertiary/aromatic N) is 3. The average Bonchev–Trinajstić information content (AvgIpc) is 2.75. The Labute approximate surface area is 173 Å². The summed E-state index contributed by atoms with van der Waals surface area (Å²) in [6.45, 7) is 3.81. The second-order valence-corrected chi connectivity index (χ2v) is 8.43. The normalized spacial score (nSPS) is 15.9. The van der Waals surface area contributed by atoms with Crippen LogP contribution in [0.5, 0.6) is 0 Å². The van der Waals surface area contributed by atoms with Gasteiger partial charge in [0.05, 0.1) is 11.5 Å². The predicted molar refractivity (Wildman–Crippen MR) is 115 cm³/mol. The average molecular weight is 391 g/mol. The predicted octanol–water partition coefficient (Wildman–Crippen LogP) is 4.51. The van der Waals surface area contributed by atoms with Crippen molar-refractivity contribution in [2.45, 2.75) is 63.5 Å². The van der Waals surface area contributed by atoms with Crippen LogP contribution in [0.4, 0.5) is 5.69 Å². The Hall–Kier alpha value is -2.87. The highest BCUT2D eigenvalue weighted by atomic mass is 16.2. The van der Waals surface area contributed by atoms with Crippen LogP contribution in [0.3, 0.4) is 0 Å². The zero-order valence-corrected chi connectivity index (χ0v) is 17.6. The van der Waals surface area contributed by atoms with Gasteiger partial charge in [-0.3, -0.25) is 9.78 Å². The first-order valence-electron chi connectivity index (χ1n) is 10.4. The Morgan fingerprint density at radius 1 is 1.21 bits per heavy atom. The minimum atomic E-state index is -0.543. The summed E-state index contributed by atoms with van der Waals surface area (Å²) >= 11 is 0. The lowest BCUT2D eigenvalue weighted by atomic mass is 9.86. The number of nitriles is 1. The third-order valence-corrected chi connectivity index (χ3v) is 5.86. The van der Waals surface area contributed by atoms with Crippen LogP contribution < -0.4 is 10.2 Å². The van der Waals surface area contributed by atoms with Crippen molar-refractivity contribution in [2.75, 3.05) is 11.9 Å². The lowest BCUT2D eigenvalue weighted by molar-refractivity contribution is -0.123. The maximum absolute atomic E-state index is 13.3. The van der Waals surface area contributed by atoms with Crippen LogP contribution >= 0.6 is 0 Å². The second-order valence-electron chi connectivity index (χ2n) is 8.43. The number of rotatable bonds is 6. The molecule has 29 heavy (non-hydrogen) atoms. The van der Waals surface area contributed by atoms with E-state index < -0.39 is 11.5 Å². The number of anilines is 1. The van der Waals surface area contributed by atoms with Gasteiger partial charge in [-0.25, -0.2) is 0 Å². The molecule has 0 aliphatic heterocycles. The number of amides is 1. The van der Waals surface area contributed by atoms with Crippen molar-refractivity contribution in [3.63, 3.8) is 0 Å². The number of pyridine rings is 1. The van der Waals surface area contributed by atoms with Crippen LogP contribution in [0, 0.1) is 11.3 Å². The van der Waals surface area contributed by atoms with E-state index >= 15 is 0 Å². The zero-order valence-electron chi connectivity index (χ0n) is 17.6. The van der Waals surface area contributed by atoms with Crippen LogP contribution in [0.15, 0.2) is 48.8 Å². The summed E-state index contributed by atoms with van der Waals surface area (Å²) in [6, 6.07) is 13.8. The number of likely N-dealkylation sites (N-methyl/N-ethyl adjacent to an activating group) is 1. The maximum Gasteiger partial charge on any atom is 0.247 e. The van der Waals surface area contributed by atoms with Gasteiger partial charge in [0.15, 0.2) is 0 Å². The molecule has 1 heterocycles. The Balaban J connectivity index is 1.85. The molecule has 1 amide bonds. The molecule has 5 nitrogen and oxygen atoms in total. The van der Waals surface area contributed by atoms with E-state index in [2.05, 4.69) is 16.4 Å². The fourth-order valence-electron chi connectivity index (χ4n) is 3.94. The zero-order chi connectivity index (χ0) is 20.9. The van der Waals surface area contributed by atoms with Crippen molar-refractivity contribution in [3.05, 3.63) is 59.9 Å². The first-order valence-corrected chi connectivity index (χ1v) is 10.4. The molecule has 1 atom stereocenters. The van der Waals surface area contributed by atoms with Crippen LogP contribution in [-0.2, 0) is 10.2 Å². The van der Waals surface area contributed by atoms with Crippen molar-refractivity contribution in [3.8, 4) is 6.07 Å². The Morgan fingerprint density at radius 2 is 1.90 bits per heavy atom. The van der Waals surface area contributed by atoms with Gasteiger partial charge in [0, 0.05) is 36.7 Å². The lowest BCUT2D eigenvalue weighted by Gasteiger charge is -2.32. The molecule has 1 unspecified atom stereocenters. The topological polar surface area (TPSA) is 69.0 Å². The van der Waals surface area contributed by atoms with Gasteiger partial charge in [-0.15, -0.1) is 0 Å². The van der Waals surface area contributed by atoms with Gasteiger partial charge >= 0.3 is 0 Å². The molecule has 0 bridgehead atoms. The summed E-state index contributed by atoms with van der Waals surface area (Å²) < 4.78 is 0. The number of hydrogen-bond donors (Lipinski definition) is 1. The summed E-state index contributed by atoms with van der Waals surface area (Å²) in [5, 5.41) is 12.6. The largest absolute Gasteiger partial charge is 0.359 e. The molecule has 0 saturated heterocycles. The van der Waals surface area contributed by atoms with Gasteiger partial charge in [0.1, 0.15) is 6.04 Å². The summed E-state index contributed by atoms with van der Waals surface area (Å²) in [5.41, 5.74) is 2.21. The first-order chi connectivity index (χ1) is 13.9. The molecule has 0 radical (unpaired) electrons. The number of carbonyl (C=O) groups excluding carboxylic acids is 1. The number of aromatic nitrogens is 1. The van der Waals surface area contributed by atoms with Crippen molar-refractivity contribution >= 4 is 11.6 Å². The minimum absolute atomic E-state index is 0.00818. The van der Waals surface area contributed by atoms with Gasteiger partial charge in [-0.1, -0.05) is 37.5 Å². The van der Waals surface area contributed by atoms with E-state index in [9.17, 15) is 10.1 Å². The molecule has 1 fully saturated rings. The van der Waals surface area contributed by atoms with Crippen LogP contribution in [0.25, 0.3) is 0 Å². The molecule has 1 aliphatic carbocycles. The van der Waals surface area contributed by atoms with E-state index in [0.717, 1.165) is 29.7 Å². The minimum Gasteiger partial charge on any atom is -0.359 e. The van der Waals surface area contributed by atoms with Crippen molar-refractivity contribution in [1.29, 1.82) is 5.26 Å². The Morgan fingerprint density at radius 3 is 2.48 bits per heavy atom. The number of hydrogen-bond acceptors (Lipinski definition) is 4. The molecule has 152 valence electrons. The van der Waals surface area contributed by atoms with Crippen LogP contribution in [0.1, 0.15) is 63.1 Å². The molecule has 3 rings (SSSR count). The third kappa shape index (κ3) is 4.95. The molecule has 5 heteroatoms. The lowest BCUT2D eigenvalue weighted by Crippen LogP contribution is -2.44. The molecular formula is C24H30N4O. The smallest absolute Gasteiger partial charge is 0.247 e. The number of benzene rings is 1. The molecule has 1 N–H and O–H groups in total. The summed E-state index contributed by atoms with van der Waals surface area (Å²) in [7, 11) is 1.93. The van der Waals surface area contributed by atoms with E-state index in [0.29, 0.717) is 0 Å². The van der Waals surface area contributed by atoms with E-state index in [4.69, 9.17) is 0 Å². The first kappa shape index (κ1) is 20.9. The van der Waals surface area contributed by atoms with E-state index in [1.54, 1.807) is 12.4 Å². The Kier molecular flexibility index (Phi) is 6.53. The van der Waals surface area contributed by atoms with Crippen LogP contribution in [-0.4, -0.2) is 24.0 Å². The monoisotopic (exact) mass is 390 g/mol. The summed E-state index contributed by atoms with van der Waals surface area (Å²) in [6.07, 6.45) is 9.18. The molecular weight excluding hydrogens is 360 g/mol. The van der Waals surface area contributed by atoms with Gasteiger partial charge in [0.25, 0.3) is 0 Å². The van der Waals surface area contributed by atoms with Gasteiger partial charge in [-0.05, 0) is 50.5 Å². The van der Waals surface area contributed by atoms with Crippen molar-refractivity contribution in [2.24, 2.45) is 0 Å². The molecule has 1 aromatic heterocycles. The second kappa shape index (κ2) is 9.09. The third-order valence-electron chi connectivity index (χ3n) is 5.86. The molecule has 1 aliphatic rings. The van der Waals surface area contributed by atoms with Gasteiger partial charge < -0.3 is 10.2 Å². The molecule has 0 spiro atoms. The van der Waals surface area contributed by atoms with Crippen LogP contribution in [0.2, 0.25) is 0 Å². The van der Waals surface area contributed by atoms with E-state index in [1.807, 2.05) is 62.2 Å². The van der Waals surface area contributed by atoms with Crippen molar-refractivity contribution in [1.82, 2.24) is 10.3 Å². The quantitative estimate of drug-likeness (QED) is 0.788. The van der Waals surface area contributed by atoms with Gasteiger partial charge in [0.2, 0.25) is 5.91 Å². The summed E-state index contributed by atoms with van der Waals surface area (Å²) in [5.74, 6) is 0.00818. The number of nitrogens with one attached hydrogen (secondary N) is 1. The number of carbonyl (C=O) groups is 1. The molecule has 2 aromatic rings. The van der Waals surface area contributed by atoms with E-state index in [-0.39, 0.29) is 11.9 Å². The van der Waals surface area contributed by atoms with Gasteiger partial charge in [-0.2, -0.15) is 5.26 Å².